The highest BCUT2D eigenvalue weighted by Gasteiger charge is 2.42. The van der Waals surface area contributed by atoms with Crippen LogP contribution in [0.25, 0.3) is 0 Å². The van der Waals surface area contributed by atoms with Crippen molar-refractivity contribution in [2.45, 2.75) is 50.6 Å². The van der Waals surface area contributed by atoms with Crippen LogP contribution in [0.1, 0.15) is 47.6 Å². The van der Waals surface area contributed by atoms with Gasteiger partial charge in [-0.2, -0.15) is 13.9 Å². The molecule has 2 amide bonds. The Hall–Kier alpha value is -2.95. The smallest absolute Gasteiger partial charge is 0.322 e. The number of nitrogens with zero attached hydrogens (tertiary/aromatic N) is 2. The van der Waals surface area contributed by atoms with E-state index in [9.17, 15) is 27.2 Å². The summed E-state index contributed by atoms with van der Waals surface area (Å²) in [6.07, 6.45) is 2.18. The molecule has 3 unspecified atom stereocenters. The van der Waals surface area contributed by atoms with E-state index in [1.165, 1.54) is 0 Å². The molecule has 11 heteroatoms. The van der Waals surface area contributed by atoms with Crippen LogP contribution in [0.5, 0.6) is 0 Å². The maximum atomic E-state index is 13.2. The summed E-state index contributed by atoms with van der Waals surface area (Å²) in [5, 5.41) is 6.20. The molecule has 2 fully saturated rings. The minimum atomic E-state index is -4.24. The number of hydrazine groups is 1. The number of amides is 2. The van der Waals surface area contributed by atoms with Gasteiger partial charge in [0, 0.05) is 17.8 Å². The van der Waals surface area contributed by atoms with E-state index in [4.69, 9.17) is 0 Å². The lowest BCUT2D eigenvalue weighted by atomic mass is 9.72. The number of hydrogen-bond donors (Lipinski definition) is 3. The van der Waals surface area contributed by atoms with Crippen LogP contribution in [0.4, 0.5) is 23.2 Å². The monoisotopic (exact) mass is 453 g/mol. The van der Waals surface area contributed by atoms with Gasteiger partial charge in [0.1, 0.15) is 6.54 Å². The van der Waals surface area contributed by atoms with Gasteiger partial charge in [0.05, 0.1) is 17.8 Å². The van der Waals surface area contributed by atoms with Crippen LogP contribution in [-0.4, -0.2) is 33.9 Å². The van der Waals surface area contributed by atoms with Crippen molar-refractivity contribution in [1.29, 1.82) is 0 Å². The van der Waals surface area contributed by atoms with E-state index in [0.717, 1.165) is 43.6 Å². The van der Waals surface area contributed by atoms with Gasteiger partial charge in [-0.1, -0.05) is 25.0 Å². The summed E-state index contributed by atoms with van der Waals surface area (Å²) in [6.45, 7) is -1.32. The van der Waals surface area contributed by atoms with E-state index in [1.54, 1.807) is 12.1 Å². The molecule has 32 heavy (non-hydrogen) atoms. The van der Waals surface area contributed by atoms with Gasteiger partial charge in [-0.15, -0.1) is 0 Å². The number of halogens is 4. The first-order chi connectivity index (χ1) is 15.2. The molecule has 0 spiro atoms. The molecule has 1 aromatic carbocycles. The van der Waals surface area contributed by atoms with Gasteiger partial charge in [-0.05, 0) is 36.5 Å². The van der Waals surface area contributed by atoms with Crippen LogP contribution in [0, 0.1) is 11.8 Å². The van der Waals surface area contributed by atoms with E-state index in [1.807, 2.05) is 12.1 Å². The van der Waals surface area contributed by atoms with Gasteiger partial charge in [0.25, 0.3) is 5.91 Å². The van der Waals surface area contributed by atoms with E-state index >= 15 is 0 Å². The highest BCUT2D eigenvalue weighted by atomic mass is 19.3. The van der Waals surface area contributed by atoms with Crippen LogP contribution in [0.3, 0.4) is 0 Å². The third-order valence-electron chi connectivity index (χ3n) is 6.05. The normalized spacial score (nSPS) is 23.5. The summed E-state index contributed by atoms with van der Waals surface area (Å²) in [6, 6.07) is 7.08. The highest BCUT2D eigenvalue weighted by molar-refractivity contribution is 6.03. The Balaban J connectivity index is 1.40. The minimum Gasteiger partial charge on any atom is -0.322 e. The molecule has 1 aliphatic heterocycles. The number of aromatic nitrogens is 2. The fourth-order valence-electron chi connectivity index (χ4n) is 4.39. The Morgan fingerprint density at radius 3 is 2.66 bits per heavy atom. The van der Waals surface area contributed by atoms with Gasteiger partial charge in [0.2, 0.25) is 5.91 Å². The molecule has 1 aromatic heterocycles. The SMILES string of the molecule is O=C(Nc1ccc(C2NNC(=O)C3CCCCC32)cc1)c1cnn(CC(F)(F)C(F)F)c1. The van der Waals surface area contributed by atoms with Crippen molar-refractivity contribution in [3.63, 3.8) is 0 Å². The maximum Gasteiger partial charge on any atom is 0.326 e. The molecule has 1 aliphatic carbocycles. The number of anilines is 1. The molecule has 2 aromatic rings. The zero-order valence-corrected chi connectivity index (χ0v) is 17.0. The van der Waals surface area contributed by atoms with Crippen LogP contribution >= 0.6 is 0 Å². The second-order valence-electron chi connectivity index (χ2n) is 8.23. The summed E-state index contributed by atoms with van der Waals surface area (Å²) in [5.74, 6) is -4.61. The molecule has 7 nitrogen and oxygen atoms in total. The molecular weight excluding hydrogens is 430 g/mol. The number of carbonyl (C=O) groups is 2. The summed E-state index contributed by atoms with van der Waals surface area (Å²) in [7, 11) is 0. The van der Waals surface area contributed by atoms with Crippen molar-refractivity contribution in [2.75, 3.05) is 5.32 Å². The van der Waals surface area contributed by atoms with Crippen molar-refractivity contribution in [3.8, 4) is 0 Å². The standard InChI is InChI=1S/C21H23F4N5O2/c22-20(23)21(24,25)11-30-10-13(9-26-30)18(31)27-14-7-5-12(6-8-14)17-15-3-1-2-4-16(15)19(32)29-28-17/h5-10,15-17,20,28H,1-4,11H2,(H,27,31)(H,29,32). The molecule has 4 rings (SSSR count). The van der Waals surface area contributed by atoms with E-state index in [2.05, 4.69) is 21.3 Å². The summed E-state index contributed by atoms with van der Waals surface area (Å²) < 4.78 is 51.6. The number of nitrogens with one attached hydrogen (secondary N) is 3. The van der Waals surface area contributed by atoms with Gasteiger partial charge >= 0.3 is 12.3 Å². The number of alkyl halides is 4. The third kappa shape index (κ3) is 4.62. The lowest BCUT2D eigenvalue weighted by Gasteiger charge is -2.41. The van der Waals surface area contributed by atoms with E-state index in [0.29, 0.717) is 10.4 Å². The second kappa shape index (κ2) is 8.89. The summed E-state index contributed by atoms with van der Waals surface area (Å²) in [5.41, 5.74) is 7.27. The van der Waals surface area contributed by atoms with Crippen LogP contribution in [0.15, 0.2) is 36.7 Å². The highest BCUT2D eigenvalue weighted by Crippen LogP contribution is 2.40. The Morgan fingerprint density at radius 1 is 1.22 bits per heavy atom. The van der Waals surface area contributed by atoms with Crippen molar-refractivity contribution in [3.05, 3.63) is 47.8 Å². The Bertz CT molecular complexity index is 979. The number of hydrogen-bond acceptors (Lipinski definition) is 4. The van der Waals surface area contributed by atoms with Gasteiger partial charge in [-0.3, -0.25) is 19.7 Å². The fourth-order valence-corrected chi connectivity index (χ4v) is 4.39. The lowest BCUT2D eigenvalue weighted by molar-refractivity contribution is -0.139. The third-order valence-corrected chi connectivity index (χ3v) is 6.05. The van der Waals surface area contributed by atoms with Crippen LogP contribution in [0.2, 0.25) is 0 Å². The molecule has 0 bridgehead atoms. The summed E-state index contributed by atoms with van der Waals surface area (Å²) >= 11 is 0. The molecule has 1 saturated heterocycles. The lowest BCUT2D eigenvalue weighted by Crippen LogP contribution is -2.55. The van der Waals surface area contributed by atoms with E-state index < -0.39 is 24.8 Å². The molecule has 3 atom stereocenters. The Kier molecular flexibility index (Phi) is 6.18. The summed E-state index contributed by atoms with van der Waals surface area (Å²) in [4.78, 5) is 24.5. The number of carbonyl (C=O) groups excluding carboxylic acids is 2. The second-order valence-corrected chi connectivity index (χ2v) is 8.23. The molecule has 1 saturated carbocycles. The maximum absolute atomic E-state index is 13.2. The van der Waals surface area contributed by atoms with Gasteiger partial charge in [0.15, 0.2) is 0 Å². The number of benzene rings is 1. The van der Waals surface area contributed by atoms with Crippen molar-refractivity contribution >= 4 is 17.5 Å². The molecule has 2 aliphatic rings. The van der Waals surface area contributed by atoms with Crippen LogP contribution < -0.4 is 16.2 Å². The predicted molar refractivity (Wildman–Crippen MR) is 107 cm³/mol. The Labute approximate surface area is 181 Å². The first kappa shape index (κ1) is 22.3. The van der Waals surface area contributed by atoms with Crippen molar-refractivity contribution in [2.24, 2.45) is 11.8 Å². The Morgan fingerprint density at radius 2 is 1.94 bits per heavy atom. The van der Waals surface area contributed by atoms with E-state index in [-0.39, 0.29) is 29.3 Å². The zero-order valence-electron chi connectivity index (χ0n) is 17.0. The quantitative estimate of drug-likeness (QED) is 0.584. The largest absolute Gasteiger partial charge is 0.326 e. The first-order valence-electron chi connectivity index (χ1n) is 10.4. The molecule has 0 radical (unpaired) electrons. The topological polar surface area (TPSA) is 88.1 Å². The van der Waals surface area contributed by atoms with Crippen LogP contribution in [-0.2, 0) is 11.3 Å². The predicted octanol–water partition coefficient (Wildman–Crippen LogP) is 3.52. The molecule has 172 valence electrons. The first-order valence-corrected chi connectivity index (χ1v) is 10.4. The molecule has 3 N–H and O–H groups in total. The number of fused-ring (bicyclic) bond motifs is 1. The average Bonchev–Trinajstić information content (AvgIpc) is 3.23. The van der Waals surface area contributed by atoms with Crippen molar-refractivity contribution < 1.29 is 27.2 Å². The number of rotatable bonds is 6. The molecule has 2 heterocycles. The van der Waals surface area contributed by atoms with Crippen molar-refractivity contribution in [1.82, 2.24) is 20.6 Å². The minimum absolute atomic E-state index is 0.0108. The average molecular weight is 453 g/mol. The van der Waals surface area contributed by atoms with Gasteiger partial charge < -0.3 is 5.32 Å². The fraction of sp³-hybridized carbons (Fsp3) is 0.476. The zero-order chi connectivity index (χ0) is 22.9. The molecular formula is C21H23F4N5O2. The van der Waals surface area contributed by atoms with Gasteiger partial charge in [-0.25, -0.2) is 14.2 Å².